The summed E-state index contributed by atoms with van der Waals surface area (Å²) >= 11 is 0. The number of esters is 1. The number of likely N-dealkylation sites (tertiary alicyclic amines) is 1. The minimum Gasteiger partial charge on any atom is -0.462 e. The predicted molar refractivity (Wildman–Crippen MR) is 136 cm³/mol. The van der Waals surface area contributed by atoms with Crippen LogP contribution < -0.4 is 5.32 Å². The van der Waals surface area contributed by atoms with Gasteiger partial charge in [0, 0.05) is 12.1 Å². The van der Waals surface area contributed by atoms with Gasteiger partial charge in [0.1, 0.15) is 6.04 Å². The van der Waals surface area contributed by atoms with Gasteiger partial charge in [0.15, 0.2) is 0 Å². The first-order valence-electron chi connectivity index (χ1n) is 13.1. The summed E-state index contributed by atoms with van der Waals surface area (Å²) in [5.74, 6) is -0.793. The molecule has 37 heavy (non-hydrogen) atoms. The zero-order valence-electron chi connectivity index (χ0n) is 20.7. The van der Waals surface area contributed by atoms with E-state index in [0.717, 1.165) is 18.4 Å². The minimum absolute atomic E-state index is 0.0990. The van der Waals surface area contributed by atoms with Crippen LogP contribution in [0.3, 0.4) is 0 Å². The number of rotatable bonds is 8. The molecule has 0 spiro atoms. The molecular weight excluding hydrogens is 468 g/mol. The van der Waals surface area contributed by atoms with Gasteiger partial charge in [-0.3, -0.25) is 19.3 Å². The highest BCUT2D eigenvalue weighted by molar-refractivity contribution is 6.10. The van der Waals surface area contributed by atoms with Crippen molar-refractivity contribution in [3.63, 3.8) is 0 Å². The smallest absolute Gasteiger partial charge is 0.338 e. The van der Waals surface area contributed by atoms with Gasteiger partial charge >= 0.3 is 5.97 Å². The number of carbonyl (C=O) groups excluding carboxylic acids is 4. The van der Waals surface area contributed by atoms with Gasteiger partial charge in [-0.2, -0.15) is 0 Å². The minimum atomic E-state index is -0.960. The predicted octanol–water partition coefficient (Wildman–Crippen LogP) is 3.86. The van der Waals surface area contributed by atoms with Crippen molar-refractivity contribution in [2.75, 3.05) is 11.9 Å². The molecule has 2 aromatic carbocycles. The summed E-state index contributed by atoms with van der Waals surface area (Å²) in [6.07, 6.45) is 6.33. The van der Waals surface area contributed by atoms with Crippen LogP contribution >= 0.6 is 0 Å². The van der Waals surface area contributed by atoms with Crippen LogP contribution in [-0.2, 0) is 25.5 Å². The molecular formula is C30H30N2O5. The normalized spacial score (nSPS) is 29.5. The van der Waals surface area contributed by atoms with Crippen LogP contribution in [0.25, 0.3) is 0 Å². The molecule has 0 aromatic heterocycles. The first-order chi connectivity index (χ1) is 18.0. The van der Waals surface area contributed by atoms with Crippen LogP contribution in [0, 0.1) is 35.5 Å². The summed E-state index contributed by atoms with van der Waals surface area (Å²) in [6.45, 7) is 2.27. The molecule has 1 saturated heterocycles. The van der Waals surface area contributed by atoms with Gasteiger partial charge < -0.3 is 10.1 Å². The lowest BCUT2D eigenvalue weighted by molar-refractivity contribution is -0.146. The number of amides is 3. The third-order valence-electron chi connectivity index (χ3n) is 8.41. The average Bonchev–Trinajstić information content (AvgIpc) is 3.70. The van der Waals surface area contributed by atoms with E-state index in [4.69, 9.17) is 4.74 Å². The Hall–Kier alpha value is -3.74. The summed E-state index contributed by atoms with van der Waals surface area (Å²) in [6, 6.07) is 14.9. The maximum absolute atomic E-state index is 13.7. The van der Waals surface area contributed by atoms with E-state index in [-0.39, 0.29) is 41.9 Å². The Bertz CT molecular complexity index is 1230. The van der Waals surface area contributed by atoms with E-state index in [1.807, 2.05) is 37.3 Å². The first kappa shape index (κ1) is 23.6. The summed E-state index contributed by atoms with van der Waals surface area (Å²) in [7, 11) is 0. The van der Waals surface area contributed by atoms with Crippen LogP contribution in [0.1, 0.15) is 35.7 Å². The number of benzene rings is 2. The van der Waals surface area contributed by atoms with Crippen molar-refractivity contribution in [1.82, 2.24) is 4.90 Å². The zero-order valence-corrected chi connectivity index (χ0v) is 20.7. The maximum Gasteiger partial charge on any atom is 0.338 e. The standard InChI is InChI=1S/C30H30N2O5/c1-2-14-37-30(36)18-8-10-19(11-9-18)31-27(33)24(15-17-6-4-3-5-7-17)32-28(34)25-20-12-13-21(23-16-22(20)23)26(25)29(32)35/h3-13,20-26H,2,14-16H2,1H3,(H,31,33)/t20-,21-,22-,23-,24-,25+,26+/m1/s1. The van der Waals surface area contributed by atoms with Gasteiger partial charge in [0.25, 0.3) is 0 Å². The number of anilines is 1. The lowest BCUT2D eigenvalue weighted by atomic mass is 9.63. The maximum atomic E-state index is 13.7. The second kappa shape index (κ2) is 9.29. The fourth-order valence-corrected chi connectivity index (χ4v) is 6.62. The number of nitrogens with one attached hydrogen (secondary N) is 1. The van der Waals surface area contributed by atoms with Crippen molar-refractivity contribution >= 4 is 29.4 Å². The fraction of sp³-hybridized carbons (Fsp3) is 0.400. The van der Waals surface area contributed by atoms with Crippen molar-refractivity contribution in [3.05, 3.63) is 77.9 Å². The first-order valence-corrected chi connectivity index (χ1v) is 13.1. The number of nitrogens with zero attached hydrogens (tertiary/aromatic N) is 1. The number of allylic oxidation sites excluding steroid dienone is 2. The second-order valence-corrected chi connectivity index (χ2v) is 10.6. The second-order valence-electron chi connectivity index (χ2n) is 10.6. The Morgan fingerprint density at radius 2 is 1.57 bits per heavy atom. The fourth-order valence-electron chi connectivity index (χ4n) is 6.62. The molecule has 4 aliphatic carbocycles. The van der Waals surface area contributed by atoms with Gasteiger partial charge in [-0.15, -0.1) is 0 Å². The highest BCUT2D eigenvalue weighted by Crippen LogP contribution is 2.65. The van der Waals surface area contributed by atoms with Gasteiger partial charge in [-0.25, -0.2) is 4.79 Å². The summed E-state index contributed by atoms with van der Waals surface area (Å²) in [5.41, 5.74) is 1.74. The average molecular weight is 499 g/mol. The molecule has 7 nitrogen and oxygen atoms in total. The van der Waals surface area contributed by atoms with Crippen molar-refractivity contribution in [3.8, 4) is 0 Å². The van der Waals surface area contributed by atoms with Crippen molar-refractivity contribution in [2.24, 2.45) is 35.5 Å². The van der Waals surface area contributed by atoms with Gasteiger partial charge in [0.05, 0.1) is 24.0 Å². The van der Waals surface area contributed by atoms with E-state index >= 15 is 0 Å². The molecule has 0 unspecified atom stereocenters. The SMILES string of the molecule is CCCOC(=O)c1ccc(NC(=O)[C@@H](Cc2ccccc2)N2C(=O)[C@H]3[C@@H]4C=C[C@H]([C@H]5C[C@H]45)[C@@H]3C2=O)cc1. The number of carbonyl (C=O) groups is 4. The van der Waals surface area contributed by atoms with Gasteiger partial charge in [-0.1, -0.05) is 49.4 Å². The Kier molecular flexibility index (Phi) is 5.94. The van der Waals surface area contributed by atoms with Crippen LogP contribution in [-0.4, -0.2) is 41.2 Å². The molecule has 0 radical (unpaired) electrons. The molecule has 2 bridgehead atoms. The van der Waals surface area contributed by atoms with Crippen molar-refractivity contribution in [2.45, 2.75) is 32.2 Å². The number of ether oxygens (including phenoxy) is 1. The molecule has 1 aliphatic heterocycles. The molecule has 1 heterocycles. The molecule has 7 atom stereocenters. The van der Waals surface area contributed by atoms with Crippen molar-refractivity contribution < 1.29 is 23.9 Å². The van der Waals surface area contributed by atoms with Crippen LogP contribution in [0.4, 0.5) is 5.69 Å². The van der Waals surface area contributed by atoms with Crippen LogP contribution in [0.15, 0.2) is 66.7 Å². The van der Waals surface area contributed by atoms with E-state index in [1.54, 1.807) is 24.3 Å². The van der Waals surface area contributed by atoms with E-state index in [2.05, 4.69) is 17.5 Å². The number of hydrogen-bond acceptors (Lipinski definition) is 5. The molecule has 1 N–H and O–H groups in total. The molecule has 7 heteroatoms. The van der Waals surface area contributed by atoms with Gasteiger partial charge in [-0.05, 0) is 66.3 Å². The topological polar surface area (TPSA) is 92.8 Å². The summed E-state index contributed by atoms with van der Waals surface area (Å²) in [5, 5.41) is 2.87. The number of imide groups is 1. The summed E-state index contributed by atoms with van der Waals surface area (Å²) < 4.78 is 5.16. The Labute approximate surface area is 215 Å². The Morgan fingerprint density at radius 3 is 2.16 bits per heavy atom. The van der Waals surface area contributed by atoms with E-state index in [0.29, 0.717) is 29.7 Å². The largest absolute Gasteiger partial charge is 0.462 e. The molecule has 2 saturated carbocycles. The Morgan fingerprint density at radius 1 is 0.946 bits per heavy atom. The highest BCUT2D eigenvalue weighted by Gasteiger charge is 2.67. The lowest BCUT2D eigenvalue weighted by Gasteiger charge is -2.37. The number of hydrogen-bond donors (Lipinski definition) is 1. The Balaban J connectivity index is 1.25. The molecule has 3 amide bonds. The van der Waals surface area contributed by atoms with E-state index < -0.39 is 17.9 Å². The monoisotopic (exact) mass is 498 g/mol. The quantitative estimate of drug-likeness (QED) is 0.339. The molecule has 3 fully saturated rings. The molecule has 5 aliphatic rings. The van der Waals surface area contributed by atoms with E-state index in [1.165, 1.54) is 4.90 Å². The lowest BCUT2D eigenvalue weighted by Crippen LogP contribution is -2.49. The highest BCUT2D eigenvalue weighted by atomic mass is 16.5. The van der Waals surface area contributed by atoms with Crippen molar-refractivity contribution in [1.29, 1.82) is 0 Å². The summed E-state index contributed by atoms with van der Waals surface area (Å²) in [4.78, 5) is 54.5. The third kappa shape index (κ3) is 4.06. The third-order valence-corrected chi connectivity index (χ3v) is 8.41. The molecule has 7 rings (SSSR count). The zero-order chi connectivity index (χ0) is 25.7. The molecule has 190 valence electrons. The van der Waals surface area contributed by atoms with E-state index in [9.17, 15) is 19.2 Å². The van der Waals surface area contributed by atoms with Gasteiger partial charge in [0.2, 0.25) is 17.7 Å². The van der Waals surface area contributed by atoms with Crippen LogP contribution in [0.5, 0.6) is 0 Å². The van der Waals surface area contributed by atoms with Crippen LogP contribution in [0.2, 0.25) is 0 Å². The molecule has 2 aromatic rings.